The number of hydrogen-bond donors (Lipinski definition) is 2. The molecule has 0 aliphatic carbocycles. The average molecular weight is 288 g/mol. The van der Waals surface area contributed by atoms with E-state index in [4.69, 9.17) is 0 Å². The van der Waals surface area contributed by atoms with E-state index < -0.39 is 12.0 Å². The molecule has 0 radical (unpaired) electrons. The quantitative estimate of drug-likeness (QED) is 0.867. The molecule has 0 aromatic carbocycles. The van der Waals surface area contributed by atoms with Gasteiger partial charge in [0.25, 0.3) is 5.91 Å². The second-order valence-electron chi connectivity index (χ2n) is 5.36. The third-order valence-electron chi connectivity index (χ3n) is 4.00. The van der Waals surface area contributed by atoms with Gasteiger partial charge in [0, 0.05) is 12.7 Å². The molecule has 0 spiro atoms. The minimum atomic E-state index is -0.963. The number of carbonyl (C=O) groups excluding carboxylic acids is 1. The molecule has 1 aliphatic rings. The maximum Gasteiger partial charge on any atom is 0.326 e. The van der Waals surface area contributed by atoms with E-state index in [1.165, 1.54) is 11.2 Å². The summed E-state index contributed by atoms with van der Waals surface area (Å²) in [5.74, 6) is -1.38. The Balaban J connectivity index is 2.00. The molecule has 3 heterocycles. The number of carboxylic acids is 1. The largest absolute Gasteiger partial charge is 0.480 e. The molecule has 7 nitrogen and oxygen atoms in total. The van der Waals surface area contributed by atoms with Crippen LogP contribution in [0, 0.1) is 5.92 Å². The molecule has 7 heteroatoms. The van der Waals surface area contributed by atoms with Crippen LogP contribution in [0.2, 0.25) is 0 Å². The van der Waals surface area contributed by atoms with Gasteiger partial charge in [-0.3, -0.25) is 4.79 Å². The Morgan fingerprint density at radius 1 is 1.43 bits per heavy atom. The van der Waals surface area contributed by atoms with Crippen molar-refractivity contribution >= 4 is 22.9 Å². The molecule has 2 atom stereocenters. The normalized spacial score (nSPS) is 22.4. The number of carbonyl (C=O) groups is 2. The third-order valence-corrected chi connectivity index (χ3v) is 4.00. The van der Waals surface area contributed by atoms with E-state index in [0.29, 0.717) is 17.6 Å². The molecule has 1 amide bonds. The molecule has 2 aromatic heterocycles. The number of nitrogens with zero attached hydrogens (tertiary/aromatic N) is 3. The van der Waals surface area contributed by atoms with Crippen LogP contribution in [0.25, 0.3) is 11.0 Å². The van der Waals surface area contributed by atoms with Crippen LogP contribution in [0.15, 0.2) is 18.6 Å². The molecule has 21 heavy (non-hydrogen) atoms. The highest BCUT2D eigenvalue weighted by atomic mass is 16.4. The van der Waals surface area contributed by atoms with Crippen molar-refractivity contribution in [2.75, 3.05) is 6.54 Å². The van der Waals surface area contributed by atoms with Crippen molar-refractivity contribution in [2.24, 2.45) is 5.92 Å². The van der Waals surface area contributed by atoms with Crippen LogP contribution in [0.1, 0.15) is 30.3 Å². The van der Waals surface area contributed by atoms with Crippen molar-refractivity contribution in [1.29, 1.82) is 0 Å². The molecule has 1 fully saturated rings. The van der Waals surface area contributed by atoms with Gasteiger partial charge in [-0.15, -0.1) is 0 Å². The van der Waals surface area contributed by atoms with Gasteiger partial charge in [0.2, 0.25) is 0 Å². The number of aromatic nitrogens is 3. The van der Waals surface area contributed by atoms with Crippen LogP contribution in [0.5, 0.6) is 0 Å². The van der Waals surface area contributed by atoms with Crippen molar-refractivity contribution < 1.29 is 14.7 Å². The fraction of sp³-hybridized carbons (Fsp3) is 0.429. The van der Waals surface area contributed by atoms with Gasteiger partial charge in [-0.25, -0.2) is 14.8 Å². The van der Waals surface area contributed by atoms with Gasteiger partial charge in [-0.05, 0) is 24.8 Å². The number of aliphatic carboxylic acids is 1. The number of rotatable bonds is 2. The number of fused-ring (bicyclic) bond motifs is 1. The van der Waals surface area contributed by atoms with Gasteiger partial charge < -0.3 is 15.0 Å². The van der Waals surface area contributed by atoms with E-state index in [9.17, 15) is 14.7 Å². The summed E-state index contributed by atoms with van der Waals surface area (Å²) in [5, 5.41) is 10.0. The van der Waals surface area contributed by atoms with E-state index in [-0.39, 0.29) is 17.5 Å². The number of likely N-dealkylation sites (tertiary alicyclic amines) is 1. The Bertz CT molecular complexity index is 696. The summed E-state index contributed by atoms with van der Waals surface area (Å²) >= 11 is 0. The molecule has 3 rings (SSSR count). The van der Waals surface area contributed by atoms with E-state index in [2.05, 4.69) is 15.0 Å². The lowest BCUT2D eigenvalue weighted by Gasteiger charge is -2.37. The SMILES string of the molecule is CC1CCCN(C(=O)c2ncnc3[nH]ccc23)C1C(=O)O. The molecule has 2 unspecified atom stereocenters. The lowest BCUT2D eigenvalue weighted by Crippen LogP contribution is -2.52. The molecular weight excluding hydrogens is 272 g/mol. The number of hydrogen-bond acceptors (Lipinski definition) is 4. The molecule has 1 saturated heterocycles. The molecule has 110 valence electrons. The van der Waals surface area contributed by atoms with Gasteiger partial charge in [0.05, 0.1) is 5.39 Å². The summed E-state index contributed by atoms with van der Waals surface area (Å²) in [6.07, 6.45) is 4.61. The van der Waals surface area contributed by atoms with E-state index >= 15 is 0 Å². The smallest absolute Gasteiger partial charge is 0.326 e. The van der Waals surface area contributed by atoms with Crippen LogP contribution < -0.4 is 0 Å². The van der Waals surface area contributed by atoms with E-state index in [1.807, 2.05) is 6.92 Å². The Morgan fingerprint density at radius 2 is 2.24 bits per heavy atom. The van der Waals surface area contributed by atoms with Gasteiger partial charge in [-0.2, -0.15) is 0 Å². The minimum absolute atomic E-state index is 0.0660. The van der Waals surface area contributed by atoms with Crippen LogP contribution in [-0.2, 0) is 4.79 Å². The fourth-order valence-corrected chi connectivity index (χ4v) is 2.97. The van der Waals surface area contributed by atoms with Crippen molar-refractivity contribution in [1.82, 2.24) is 19.9 Å². The van der Waals surface area contributed by atoms with Gasteiger partial charge in [0.15, 0.2) is 0 Å². The third kappa shape index (κ3) is 2.24. The van der Waals surface area contributed by atoms with Crippen LogP contribution >= 0.6 is 0 Å². The van der Waals surface area contributed by atoms with Crippen LogP contribution in [-0.4, -0.2) is 49.4 Å². The highest BCUT2D eigenvalue weighted by Crippen LogP contribution is 2.26. The Morgan fingerprint density at radius 3 is 3.00 bits per heavy atom. The summed E-state index contributed by atoms with van der Waals surface area (Å²) < 4.78 is 0. The summed E-state index contributed by atoms with van der Waals surface area (Å²) in [7, 11) is 0. The summed E-state index contributed by atoms with van der Waals surface area (Å²) in [6, 6.07) is 0.932. The zero-order valence-corrected chi connectivity index (χ0v) is 11.6. The molecule has 0 bridgehead atoms. The number of piperidine rings is 1. The molecule has 2 aromatic rings. The first-order chi connectivity index (χ1) is 10.1. The first-order valence-corrected chi connectivity index (χ1v) is 6.91. The zero-order chi connectivity index (χ0) is 15.0. The second-order valence-corrected chi connectivity index (χ2v) is 5.36. The lowest BCUT2D eigenvalue weighted by atomic mass is 9.90. The number of H-pyrrole nitrogens is 1. The highest BCUT2D eigenvalue weighted by molar-refractivity contribution is 6.04. The first-order valence-electron chi connectivity index (χ1n) is 6.91. The van der Waals surface area contributed by atoms with Gasteiger partial charge >= 0.3 is 5.97 Å². The van der Waals surface area contributed by atoms with E-state index in [1.54, 1.807) is 12.3 Å². The number of carboxylic acid groups (broad SMARTS) is 1. The maximum atomic E-state index is 12.7. The fourth-order valence-electron chi connectivity index (χ4n) is 2.97. The van der Waals surface area contributed by atoms with E-state index in [0.717, 1.165) is 12.8 Å². The lowest BCUT2D eigenvalue weighted by molar-refractivity contribution is -0.145. The summed E-state index contributed by atoms with van der Waals surface area (Å²) in [5.41, 5.74) is 0.826. The second kappa shape index (κ2) is 5.16. The Hall–Kier alpha value is -2.44. The Kier molecular flexibility index (Phi) is 3.32. The van der Waals surface area contributed by atoms with Crippen molar-refractivity contribution in [2.45, 2.75) is 25.8 Å². The first kappa shape index (κ1) is 13.5. The molecule has 2 N–H and O–H groups in total. The van der Waals surface area contributed by atoms with Crippen LogP contribution in [0.3, 0.4) is 0 Å². The maximum absolute atomic E-state index is 12.7. The number of nitrogens with one attached hydrogen (secondary N) is 1. The van der Waals surface area contributed by atoms with Crippen molar-refractivity contribution in [3.05, 3.63) is 24.3 Å². The zero-order valence-electron chi connectivity index (χ0n) is 11.6. The monoisotopic (exact) mass is 288 g/mol. The van der Waals surface area contributed by atoms with Crippen molar-refractivity contribution in [3.63, 3.8) is 0 Å². The number of amides is 1. The number of aromatic amines is 1. The summed E-state index contributed by atoms with van der Waals surface area (Å²) in [4.78, 5) is 36.7. The van der Waals surface area contributed by atoms with Gasteiger partial charge in [0.1, 0.15) is 23.7 Å². The minimum Gasteiger partial charge on any atom is -0.480 e. The van der Waals surface area contributed by atoms with Crippen molar-refractivity contribution in [3.8, 4) is 0 Å². The molecular formula is C14H16N4O3. The predicted octanol–water partition coefficient (Wildman–Crippen LogP) is 1.28. The molecule has 1 aliphatic heterocycles. The molecule has 0 saturated carbocycles. The topological polar surface area (TPSA) is 99.2 Å². The predicted molar refractivity (Wildman–Crippen MR) is 74.7 cm³/mol. The standard InChI is InChI=1S/C14H16N4O3/c1-8-3-2-6-18(11(8)14(20)21)13(19)10-9-4-5-15-12(9)17-7-16-10/h4-5,7-8,11H,2-3,6H2,1H3,(H,20,21)(H,15,16,17). The van der Waals surface area contributed by atoms with Crippen LogP contribution in [0.4, 0.5) is 0 Å². The highest BCUT2D eigenvalue weighted by Gasteiger charge is 2.38. The van der Waals surface area contributed by atoms with Gasteiger partial charge in [-0.1, -0.05) is 6.92 Å². The summed E-state index contributed by atoms with van der Waals surface area (Å²) in [6.45, 7) is 2.31. The Labute approximate surface area is 121 Å². The average Bonchev–Trinajstić information content (AvgIpc) is 2.94.